The van der Waals surface area contributed by atoms with Crippen LogP contribution in [0.15, 0.2) is 46.9 Å². The molecule has 5 heterocycles. The highest BCUT2D eigenvalue weighted by atomic mass is 35.5. The van der Waals surface area contributed by atoms with Gasteiger partial charge in [-0.1, -0.05) is 11.6 Å². The van der Waals surface area contributed by atoms with Crippen LogP contribution in [0.3, 0.4) is 0 Å². The first-order chi connectivity index (χ1) is 19.4. The van der Waals surface area contributed by atoms with E-state index >= 15 is 0 Å². The number of nitrogens with zero attached hydrogens (tertiary/aromatic N) is 6. The molecule has 0 spiro atoms. The molecule has 0 aromatic carbocycles. The van der Waals surface area contributed by atoms with Gasteiger partial charge in [-0.3, -0.25) is 14.9 Å². The number of halogens is 2. The lowest BCUT2D eigenvalue weighted by molar-refractivity contribution is -0.0320. The van der Waals surface area contributed by atoms with Crippen LogP contribution < -0.4 is 15.9 Å². The van der Waals surface area contributed by atoms with Crippen LogP contribution in [0.2, 0.25) is 5.02 Å². The summed E-state index contributed by atoms with van der Waals surface area (Å²) in [7, 11) is 0. The monoisotopic (exact) mass is 570 g/mol. The number of aliphatic imine (C=N–C) groups is 1. The first kappa shape index (κ1) is 27.0. The number of nitrogens with two attached hydrogens (primary N) is 1. The smallest absolute Gasteiger partial charge is 0.163 e. The lowest BCUT2D eigenvalue weighted by Gasteiger charge is -2.49. The van der Waals surface area contributed by atoms with Crippen LogP contribution in [0.1, 0.15) is 37.1 Å². The lowest BCUT2D eigenvalue weighted by atomic mass is 9.84. The third-order valence-electron chi connectivity index (χ3n) is 7.79. The average molecular weight is 571 g/mol. The molecule has 3 atom stereocenters. The second-order valence-electron chi connectivity index (χ2n) is 10.6. The Morgan fingerprint density at radius 1 is 1.30 bits per heavy atom. The molecule has 3 fully saturated rings. The van der Waals surface area contributed by atoms with Gasteiger partial charge in [-0.05, 0) is 38.0 Å². The van der Waals surface area contributed by atoms with Crippen molar-refractivity contribution in [2.45, 2.75) is 50.0 Å². The molecule has 3 aromatic heterocycles. The highest BCUT2D eigenvalue weighted by molar-refractivity contribution is 6.47. The fourth-order valence-corrected chi connectivity index (χ4v) is 6.02. The maximum atomic E-state index is 13.4. The predicted molar refractivity (Wildman–Crippen MR) is 149 cm³/mol. The number of hydrogen-bond donors (Lipinski definition) is 3. The van der Waals surface area contributed by atoms with E-state index < -0.39 is 11.9 Å². The number of hydrazone groups is 1. The van der Waals surface area contributed by atoms with Crippen molar-refractivity contribution in [1.82, 2.24) is 24.8 Å². The highest BCUT2D eigenvalue weighted by Gasteiger charge is 2.39. The Labute approximate surface area is 235 Å². The van der Waals surface area contributed by atoms with Gasteiger partial charge >= 0.3 is 0 Å². The molecule has 3 aromatic rings. The Kier molecular flexibility index (Phi) is 7.69. The van der Waals surface area contributed by atoms with E-state index in [1.807, 2.05) is 6.92 Å². The van der Waals surface area contributed by atoms with E-state index in [4.69, 9.17) is 31.9 Å². The van der Waals surface area contributed by atoms with Gasteiger partial charge in [0, 0.05) is 43.0 Å². The minimum Gasteiger partial charge on any atom is -0.479 e. The van der Waals surface area contributed by atoms with Gasteiger partial charge in [-0.2, -0.15) is 10.2 Å². The van der Waals surface area contributed by atoms with E-state index in [0.717, 1.165) is 45.3 Å². The molecule has 4 N–H and O–H groups in total. The quantitative estimate of drug-likeness (QED) is 0.212. The summed E-state index contributed by atoms with van der Waals surface area (Å²) in [6.07, 6.45) is 5.45. The Hall–Kier alpha value is -3.16. The zero-order chi connectivity index (χ0) is 27.8. The summed E-state index contributed by atoms with van der Waals surface area (Å²) in [5.74, 6) is 5.73. The molecule has 2 bridgehead atoms. The molecule has 13 heteroatoms. The number of aliphatic hydroxyl groups is 1. The number of rotatable bonds is 8. The largest absolute Gasteiger partial charge is 0.479 e. The number of aromatic nitrogens is 3. The molecule has 212 valence electrons. The number of morpholine rings is 1. The number of nitrogens with one attached hydrogen (secondary N) is 1. The van der Waals surface area contributed by atoms with Gasteiger partial charge < -0.3 is 25.7 Å². The Bertz CT molecular complexity index is 1410. The second kappa shape index (κ2) is 11.4. The second-order valence-corrected chi connectivity index (χ2v) is 11.0. The number of piperazine rings is 1. The molecule has 0 amide bonds. The topological polar surface area (TPSA) is 135 Å². The first-order valence-corrected chi connectivity index (χ1v) is 13.8. The molecule has 3 aliphatic rings. The SMILES string of the molecule is CC(=NC1CC(N2CC3COCC(C2)N3)C1)/C(=N\N)c1cc(OC(CO)c2ccc(F)cn2)c2c(Cl)cnn2c1. The summed E-state index contributed by atoms with van der Waals surface area (Å²) in [5.41, 5.74) is 2.70. The standard InChI is InChI=1S/C27H32ClFN8O3/c1-15(33-18-5-21(6-18)36-10-19-13-39-14-20(11-36)34-19)26(35-30)16-4-24(27-22(28)8-32-37(27)9-16)40-25(12-38)23-3-2-17(29)7-31-23/h2-4,7-9,18-21,25,34,38H,5-6,10-14,30H2,1H3/b33-15?,35-26+. The number of fused-ring (bicyclic) bond motifs is 3. The van der Waals surface area contributed by atoms with E-state index in [0.29, 0.717) is 57.1 Å². The van der Waals surface area contributed by atoms with Crippen LogP contribution in [0.4, 0.5) is 4.39 Å². The number of aliphatic hydroxyl groups excluding tert-OH is 1. The molecular weight excluding hydrogens is 539 g/mol. The minimum absolute atomic E-state index is 0.189. The minimum atomic E-state index is -0.860. The Morgan fingerprint density at radius 2 is 2.08 bits per heavy atom. The third-order valence-corrected chi connectivity index (χ3v) is 8.07. The number of ether oxygens (including phenoxy) is 2. The van der Waals surface area contributed by atoms with Gasteiger partial charge in [0.25, 0.3) is 0 Å². The van der Waals surface area contributed by atoms with Crippen LogP contribution in [-0.2, 0) is 4.74 Å². The molecule has 2 saturated heterocycles. The molecule has 11 nitrogen and oxygen atoms in total. The zero-order valence-corrected chi connectivity index (χ0v) is 22.8. The Morgan fingerprint density at radius 3 is 2.75 bits per heavy atom. The van der Waals surface area contributed by atoms with E-state index in [9.17, 15) is 9.50 Å². The van der Waals surface area contributed by atoms with E-state index in [1.165, 1.54) is 18.3 Å². The van der Waals surface area contributed by atoms with Crippen LogP contribution >= 0.6 is 11.6 Å². The van der Waals surface area contributed by atoms with Crippen LogP contribution in [-0.4, -0.2) is 93.1 Å². The van der Waals surface area contributed by atoms with Crippen LogP contribution in [0.5, 0.6) is 5.75 Å². The van der Waals surface area contributed by atoms with Gasteiger partial charge in [-0.15, -0.1) is 0 Å². The van der Waals surface area contributed by atoms with Gasteiger partial charge in [0.1, 0.15) is 22.8 Å². The predicted octanol–water partition coefficient (Wildman–Crippen LogP) is 1.96. The molecule has 1 aliphatic carbocycles. The van der Waals surface area contributed by atoms with Gasteiger partial charge in [0.2, 0.25) is 0 Å². The van der Waals surface area contributed by atoms with Crippen molar-refractivity contribution in [2.75, 3.05) is 32.9 Å². The summed E-state index contributed by atoms with van der Waals surface area (Å²) in [6.45, 7) is 5.06. The van der Waals surface area contributed by atoms with Crippen molar-refractivity contribution in [2.24, 2.45) is 15.9 Å². The van der Waals surface area contributed by atoms with Gasteiger partial charge in [-0.25, -0.2) is 8.91 Å². The molecule has 40 heavy (non-hydrogen) atoms. The van der Waals surface area contributed by atoms with E-state index in [2.05, 4.69) is 25.4 Å². The summed E-state index contributed by atoms with van der Waals surface area (Å²) in [4.78, 5) is 11.6. The van der Waals surface area contributed by atoms with Crippen molar-refractivity contribution in [3.63, 3.8) is 0 Å². The van der Waals surface area contributed by atoms with Crippen LogP contribution in [0.25, 0.3) is 5.52 Å². The molecule has 0 radical (unpaired) electrons. The van der Waals surface area contributed by atoms with Crippen molar-refractivity contribution in [3.8, 4) is 5.75 Å². The number of pyridine rings is 2. The maximum absolute atomic E-state index is 13.4. The summed E-state index contributed by atoms with van der Waals surface area (Å²) in [6, 6.07) is 5.98. The van der Waals surface area contributed by atoms with Crippen molar-refractivity contribution < 1.29 is 19.0 Å². The first-order valence-electron chi connectivity index (χ1n) is 13.4. The Balaban J connectivity index is 1.20. The average Bonchev–Trinajstić information content (AvgIpc) is 3.30. The molecule has 3 unspecified atom stereocenters. The van der Waals surface area contributed by atoms with Gasteiger partial charge in [0.15, 0.2) is 6.10 Å². The fourth-order valence-electron chi connectivity index (χ4n) is 5.80. The number of hydrogen-bond acceptors (Lipinski definition) is 10. The van der Waals surface area contributed by atoms with Crippen molar-refractivity contribution >= 4 is 28.5 Å². The van der Waals surface area contributed by atoms with E-state index in [-0.39, 0.29) is 12.6 Å². The van der Waals surface area contributed by atoms with Crippen molar-refractivity contribution in [1.29, 1.82) is 0 Å². The molecular formula is C27H32ClFN8O3. The van der Waals surface area contributed by atoms with Crippen molar-refractivity contribution in [3.05, 3.63) is 58.9 Å². The molecule has 2 aliphatic heterocycles. The van der Waals surface area contributed by atoms with Crippen LogP contribution in [0, 0.1) is 5.82 Å². The highest BCUT2D eigenvalue weighted by Crippen LogP contribution is 2.33. The third kappa shape index (κ3) is 5.41. The molecule has 6 rings (SSSR count). The normalized spacial score (nSPS) is 26.5. The lowest BCUT2D eigenvalue weighted by Crippen LogP contribution is -2.66. The van der Waals surface area contributed by atoms with Gasteiger partial charge in [0.05, 0.1) is 54.7 Å². The zero-order valence-electron chi connectivity index (χ0n) is 22.1. The summed E-state index contributed by atoms with van der Waals surface area (Å²) in [5, 5.41) is 22.4. The summed E-state index contributed by atoms with van der Waals surface area (Å²) >= 11 is 6.42. The molecule has 1 saturated carbocycles. The maximum Gasteiger partial charge on any atom is 0.163 e. The fraction of sp³-hybridized carbons (Fsp3) is 0.481. The summed E-state index contributed by atoms with van der Waals surface area (Å²) < 4.78 is 26.8. The van der Waals surface area contributed by atoms with E-state index in [1.54, 1.807) is 16.8 Å².